The van der Waals surface area contributed by atoms with Gasteiger partial charge in [-0.25, -0.2) is 4.99 Å². The molecule has 0 saturated carbocycles. The molecule has 2 unspecified atom stereocenters. The number of hydrogen-bond donors (Lipinski definition) is 2. The lowest BCUT2D eigenvalue weighted by molar-refractivity contribution is 0.137. The fourth-order valence-electron chi connectivity index (χ4n) is 3.32. The van der Waals surface area contributed by atoms with Gasteiger partial charge in [-0.1, -0.05) is 36.4 Å². The second kappa shape index (κ2) is 8.10. The maximum absolute atomic E-state index is 10.5. The van der Waals surface area contributed by atoms with Crippen LogP contribution in [-0.2, 0) is 4.74 Å². The number of rotatable bonds is 6. The van der Waals surface area contributed by atoms with Crippen LogP contribution < -0.4 is 5.32 Å². The second-order valence-corrected chi connectivity index (χ2v) is 9.31. The number of allylic oxidation sites excluding steroid dienone is 1. The molecule has 5 heteroatoms. The van der Waals surface area contributed by atoms with Gasteiger partial charge in [0.2, 0.25) is 5.90 Å². The van der Waals surface area contributed by atoms with E-state index in [0.29, 0.717) is 25.6 Å². The van der Waals surface area contributed by atoms with Crippen LogP contribution in [0.4, 0.5) is 0 Å². The van der Waals surface area contributed by atoms with Gasteiger partial charge in [0.25, 0.3) is 0 Å². The Bertz CT molecular complexity index is 760. The van der Waals surface area contributed by atoms with Crippen LogP contribution in [0.3, 0.4) is 0 Å². The summed E-state index contributed by atoms with van der Waals surface area (Å²) in [6.07, 6.45) is 5.80. The Hall–Kier alpha value is -2.11. The standard InChI is InChI=1S/C23H33N3O2/c1-22(2,3)24-13-18(27)14-26-12-11-19(17-9-7-6-8-10-17)20(15-26)21-25-23(4,5)16-28-21/h6-12,15,18-19,24,27H,13-14,16H2,1-5H3. The molecule has 1 aromatic carbocycles. The second-order valence-electron chi connectivity index (χ2n) is 9.31. The maximum atomic E-state index is 10.5. The van der Waals surface area contributed by atoms with E-state index in [1.807, 2.05) is 17.2 Å². The molecule has 0 bridgehead atoms. The van der Waals surface area contributed by atoms with Crippen LogP contribution in [0.1, 0.15) is 46.1 Å². The number of nitrogens with one attached hydrogen (secondary N) is 1. The molecule has 0 fully saturated rings. The summed E-state index contributed by atoms with van der Waals surface area (Å²) >= 11 is 0. The first-order valence-corrected chi connectivity index (χ1v) is 10.00. The average molecular weight is 384 g/mol. The number of hydrogen-bond acceptors (Lipinski definition) is 5. The van der Waals surface area contributed by atoms with Crippen molar-refractivity contribution in [1.29, 1.82) is 0 Å². The van der Waals surface area contributed by atoms with Crippen LogP contribution in [0.5, 0.6) is 0 Å². The normalized spacial score (nSPS) is 22.5. The highest BCUT2D eigenvalue weighted by atomic mass is 16.5. The fraction of sp³-hybridized carbons (Fsp3) is 0.522. The molecule has 0 aromatic heterocycles. The molecule has 2 atom stereocenters. The number of aliphatic hydroxyl groups excluding tert-OH is 1. The topological polar surface area (TPSA) is 57.1 Å². The van der Waals surface area contributed by atoms with E-state index in [2.05, 4.69) is 76.5 Å². The third-order valence-corrected chi connectivity index (χ3v) is 4.77. The van der Waals surface area contributed by atoms with Gasteiger partial charge in [0.05, 0.1) is 11.6 Å². The molecule has 152 valence electrons. The summed E-state index contributed by atoms with van der Waals surface area (Å²) in [6.45, 7) is 12.1. The highest BCUT2D eigenvalue weighted by Gasteiger charge is 2.32. The molecule has 5 nitrogen and oxygen atoms in total. The molecule has 2 aliphatic rings. The van der Waals surface area contributed by atoms with Crippen LogP contribution in [0.25, 0.3) is 0 Å². The van der Waals surface area contributed by atoms with E-state index in [-0.39, 0.29) is 17.0 Å². The largest absolute Gasteiger partial charge is 0.475 e. The number of aliphatic hydroxyl groups is 1. The third kappa shape index (κ3) is 5.46. The summed E-state index contributed by atoms with van der Waals surface area (Å²) < 4.78 is 5.95. The minimum Gasteiger partial charge on any atom is -0.475 e. The first kappa shape index (κ1) is 20.6. The Balaban J connectivity index is 1.79. The summed E-state index contributed by atoms with van der Waals surface area (Å²) in [7, 11) is 0. The van der Waals surface area contributed by atoms with Crippen molar-refractivity contribution in [3.8, 4) is 0 Å². The van der Waals surface area contributed by atoms with E-state index in [1.165, 1.54) is 5.56 Å². The number of nitrogens with zero attached hydrogens (tertiary/aromatic N) is 2. The Morgan fingerprint density at radius 1 is 1.29 bits per heavy atom. The number of aliphatic imine (C=N–C) groups is 1. The van der Waals surface area contributed by atoms with Gasteiger partial charge in [-0.3, -0.25) is 0 Å². The van der Waals surface area contributed by atoms with Crippen LogP contribution in [-0.4, -0.2) is 52.8 Å². The summed E-state index contributed by atoms with van der Waals surface area (Å²) in [5.41, 5.74) is 2.02. The summed E-state index contributed by atoms with van der Waals surface area (Å²) in [5.74, 6) is 0.797. The fourth-order valence-corrected chi connectivity index (χ4v) is 3.32. The molecule has 3 rings (SSSR count). The molecule has 0 saturated heterocycles. The van der Waals surface area contributed by atoms with Gasteiger partial charge in [0.15, 0.2) is 0 Å². The van der Waals surface area contributed by atoms with Gasteiger partial charge in [-0.05, 0) is 40.2 Å². The predicted molar refractivity (Wildman–Crippen MR) is 114 cm³/mol. The van der Waals surface area contributed by atoms with Gasteiger partial charge < -0.3 is 20.1 Å². The van der Waals surface area contributed by atoms with Crippen LogP contribution in [0, 0.1) is 0 Å². The predicted octanol–water partition coefficient (Wildman–Crippen LogP) is 3.44. The van der Waals surface area contributed by atoms with Gasteiger partial charge in [-0.15, -0.1) is 0 Å². The summed E-state index contributed by atoms with van der Waals surface area (Å²) in [5, 5.41) is 13.8. The lowest BCUT2D eigenvalue weighted by Gasteiger charge is -2.29. The van der Waals surface area contributed by atoms with E-state index in [0.717, 1.165) is 5.57 Å². The van der Waals surface area contributed by atoms with Crippen molar-refractivity contribution in [3.05, 3.63) is 59.9 Å². The minimum absolute atomic E-state index is 0.0177. The molecule has 28 heavy (non-hydrogen) atoms. The zero-order valence-electron chi connectivity index (χ0n) is 17.6. The van der Waals surface area contributed by atoms with E-state index in [1.54, 1.807) is 0 Å². The molecule has 0 amide bonds. The summed E-state index contributed by atoms with van der Waals surface area (Å²) in [4.78, 5) is 6.82. The highest BCUT2D eigenvalue weighted by molar-refractivity contribution is 5.97. The van der Waals surface area contributed by atoms with Crippen LogP contribution >= 0.6 is 0 Å². The van der Waals surface area contributed by atoms with Crippen molar-refractivity contribution in [2.45, 2.75) is 57.7 Å². The molecule has 0 radical (unpaired) electrons. The Labute approximate surface area is 168 Å². The maximum Gasteiger partial charge on any atom is 0.215 e. The lowest BCUT2D eigenvalue weighted by Crippen LogP contribution is -2.43. The number of β-amino-alcohol motifs (C(OH)–C–C–N with tert-alkyl or cyclic N) is 1. The zero-order valence-corrected chi connectivity index (χ0v) is 17.6. The van der Waals surface area contributed by atoms with Crippen molar-refractivity contribution >= 4 is 5.90 Å². The molecule has 2 aliphatic heterocycles. The Morgan fingerprint density at radius 2 is 2.00 bits per heavy atom. The summed E-state index contributed by atoms with van der Waals surface area (Å²) in [6, 6.07) is 10.4. The Morgan fingerprint density at radius 3 is 2.61 bits per heavy atom. The molecule has 2 N–H and O–H groups in total. The van der Waals surface area contributed by atoms with Crippen molar-refractivity contribution in [3.63, 3.8) is 0 Å². The van der Waals surface area contributed by atoms with Crippen molar-refractivity contribution in [2.75, 3.05) is 19.7 Å². The minimum atomic E-state index is -0.475. The SMILES string of the molecule is CC1(C)COC(C2=CN(CC(O)CNC(C)(C)C)C=CC2c2ccccc2)=N1. The van der Waals surface area contributed by atoms with Gasteiger partial charge in [0.1, 0.15) is 6.61 Å². The third-order valence-electron chi connectivity index (χ3n) is 4.77. The number of benzene rings is 1. The van der Waals surface area contributed by atoms with Gasteiger partial charge in [-0.2, -0.15) is 0 Å². The molecular formula is C23H33N3O2. The Kier molecular flexibility index (Phi) is 5.96. The molecule has 0 aliphatic carbocycles. The molecule has 1 aromatic rings. The van der Waals surface area contributed by atoms with E-state index in [9.17, 15) is 5.11 Å². The van der Waals surface area contributed by atoms with Crippen LogP contribution in [0.2, 0.25) is 0 Å². The van der Waals surface area contributed by atoms with Gasteiger partial charge >= 0.3 is 0 Å². The van der Waals surface area contributed by atoms with Crippen LogP contribution in [0.15, 0.2) is 59.4 Å². The monoisotopic (exact) mass is 383 g/mol. The zero-order chi connectivity index (χ0) is 20.4. The first-order valence-electron chi connectivity index (χ1n) is 10.00. The smallest absolute Gasteiger partial charge is 0.215 e. The van der Waals surface area contributed by atoms with Crippen molar-refractivity contribution in [2.24, 2.45) is 4.99 Å². The quantitative estimate of drug-likeness (QED) is 0.790. The lowest BCUT2D eigenvalue weighted by atomic mass is 9.89. The van der Waals surface area contributed by atoms with E-state index >= 15 is 0 Å². The molecule has 2 heterocycles. The first-order chi connectivity index (χ1) is 13.1. The highest BCUT2D eigenvalue weighted by Crippen LogP contribution is 2.34. The van der Waals surface area contributed by atoms with E-state index < -0.39 is 6.10 Å². The van der Waals surface area contributed by atoms with Gasteiger partial charge in [0, 0.05) is 42.5 Å². The molecular weight excluding hydrogens is 350 g/mol. The molecule has 0 spiro atoms. The van der Waals surface area contributed by atoms with E-state index in [4.69, 9.17) is 9.73 Å². The number of ether oxygens (including phenoxy) is 1. The average Bonchev–Trinajstić information content (AvgIpc) is 3.00. The van der Waals surface area contributed by atoms with Crippen molar-refractivity contribution in [1.82, 2.24) is 10.2 Å². The van der Waals surface area contributed by atoms with Crippen molar-refractivity contribution < 1.29 is 9.84 Å².